The van der Waals surface area contributed by atoms with Gasteiger partial charge in [0.15, 0.2) is 0 Å². The van der Waals surface area contributed by atoms with Crippen LogP contribution in [0.1, 0.15) is 31.9 Å². The van der Waals surface area contributed by atoms with Crippen LogP contribution in [0.15, 0.2) is 30.3 Å². The van der Waals surface area contributed by atoms with E-state index < -0.39 is 0 Å². The minimum atomic E-state index is 0.350. The number of nitrogens with one attached hydrogen (secondary N) is 1. The first-order valence-corrected chi connectivity index (χ1v) is 7.32. The van der Waals surface area contributed by atoms with E-state index in [-0.39, 0.29) is 0 Å². The Morgan fingerprint density at radius 3 is 2.68 bits per heavy atom. The summed E-state index contributed by atoms with van der Waals surface area (Å²) in [4.78, 5) is 2.44. The molecule has 2 rings (SSSR count). The van der Waals surface area contributed by atoms with Gasteiger partial charge in [-0.2, -0.15) is 0 Å². The van der Waals surface area contributed by atoms with Crippen LogP contribution in [0.4, 0.5) is 0 Å². The molecule has 1 aliphatic heterocycles. The minimum absolute atomic E-state index is 0.350. The molecule has 0 saturated carbocycles. The monoisotopic (exact) mass is 262 g/mol. The van der Waals surface area contributed by atoms with Crippen LogP contribution in [0.3, 0.4) is 0 Å². The second-order valence-electron chi connectivity index (χ2n) is 5.39. The van der Waals surface area contributed by atoms with E-state index in [0.717, 1.165) is 26.1 Å². The van der Waals surface area contributed by atoms with Gasteiger partial charge in [0.25, 0.3) is 0 Å². The second kappa shape index (κ2) is 7.04. The highest BCUT2D eigenvalue weighted by atomic mass is 16.5. The molecule has 106 valence electrons. The van der Waals surface area contributed by atoms with Gasteiger partial charge in [0.1, 0.15) is 0 Å². The highest BCUT2D eigenvalue weighted by molar-refractivity contribution is 5.19. The Morgan fingerprint density at radius 1 is 1.37 bits per heavy atom. The maximum absolute atomic E-state index is 5.67. The molecule has 0 aliphatic carbocycles. The van der Waals surface area contributed by atoms with Crippen molar-refractivity contribution < 1.29 is 4.74 Å². The molecule has 0 amide bonds. The van der Waals surface area contributed by atoms with Gasteiger partial charge in [0, 0.05) is 25.2 Å². The molecular weight excluding hydrogens is 236 g/mol. The van der Waals surface area contributed by atoms with Crippen LogP contribution in [0.25, 0.3) is 0 Å². The van der Waals surface area contributed by atoms with E-state index in [4.69, 9.17) is 4.74 Å². The fourth-order valence-electron chi connectivity index (χ4n) is 2.94. The summed E-state index contributed by atoms with van der Waals surface area (Å²) < 4.78 is 5.67. The molecule has 1 aromatic carbocycles. The van der Waals surface area contributed by atoms with E-state index in [1.54, 1.807) is 0 Å². The summed E-state index contributed by atoms with van der Waals surface area (Å²) in [5.74, 6) is 0. The van der Waals surface area contributed by atoms with Crippen molar-refractivity contribution >= 4 is 0 Å². The predicted octanol–water partition coefficient (Wildman–Crippen LogP) is 2.45. The Balaban J connectivity index is 2.00. The molecule has 1 aromatic rings. The van der Waals surface area contributed by atoms with Crippen molar-refractivity contribution in [3.05, 3.63) is 35.9 Å². The minimum Gasteiger partial charge on any atom is -0.377 e. The molecule has 0 bridgehead atoms. The first-order valence-electron chi connectivity index (χ1n) is 7.32. The molecule has 3 nitrogen and oxygen atoms in total. The van der Waals surface area contributed by atoms with Gasteiger partial charge >= 0.3 is 0 Å². The lowest BCUT2D eigenvalue weighted by molar-refractivity contribution is 0.0804. The van der Waals surface area contributed by atoms with Crippen LogP contribution >= 0.6 is 0 Å². The zero-order valence-electron chi connectivity index (χ0n) is 12.3. The first-order chi connectivity index (χ1) is 9.22. The first kappa shape index (κ1) is 14.5. The van der Waals surface area contributed by atoms with Crippen molar-refractivity contribution in [1.29, 1.82) is 0 Å². The third kappa shape index (κ3) is 3.78. The lowest BCUT2D eigenvalue weighted by Crippen LogP contribution is -2.42. The summed E-state index contributed by atoms with van der Waals surface area (Å²) >= 11 is 0. The quantitative estimate of drug-likeness (QED) is 0.852. The maximum Gasteiger partial charge on any atom is 0.0702 e. The van der Waals surface area contributed by atoms with Crippen LogP contribution in [0.5, 0.6) is 0 Å². The molecule has 1 saturated heterocycles. The van der Waals surface area contributed by atoms with Crippen molar-refractivity contribution in [3.63, 3.8) is 0 Å². The molecule has 1 aliphatic rings. The van der Waals surface area contributed by atoms with Crippen molar-refractivity contribution in [3.8, 4) is 0 Å². The fourth-order valence-corrected chi connectivity index (χ4v) is 2.94. The molecule has 1 N–H and O–H groups in total. The SMILES string of the molecule is CCNC(CN(C)C1CCOC1C)c1ccccc1. The lowest BCUT2D eigenvalue weighted by atomic mass is 10.0. The smallest absolute Gasteiger partial charge is 0.0702 e. The highest BCUT2D eigenvalue weighted by Crippen LogP contribution is 2.21. The fraction of sp³-hybridized carbons (Fsp3) is 0.625. The molecule has 3 heteroatoms. The Hall–Kier alpha value is -0.900. The molecule has 0 spiro atoms. The Morgan fingerprint density at radius 2 is 2.11 bits per heavy atom. The highest BCUT2D eigenvalue weighted by Gasteiger charge is 2.29. The number of likely N-dealkylation sites (N-methyl/N-ethyl adjacent to an activating group) is 2. The molecule has 0 radical (unpaired) electrons. The molecule has 19 heavy (non-hydrogen) atoms. The van der Waals surface area contributed by atoms with Crippen LogP contribution in [-0.4, -0.2) is 43.8 Å². The van der Waals surface area contributed by atoms with E-state index in [1.165, 1.54) is 5.56 Å². The number of nitrogens with zero attached hydrogens (tertiary/aromatic N) is 1. The van der Waals surface area contributed by atoms with Gasteiger partial charge in [0.05, 0.1) is 6.10 Å². The third-order valence-electron chi connectivity index (χ3n) is 4.03. The average Bonchev–Trinajstić information content (AvgIpc) is 2.85. The average molecular weight is 262 g/mol. The van der Waals surface area contributed by atoms with Gasteiger partial charge in [-0.15, -0.1) is 0 Å². The van der Waals surface area contributed by atoms with Crippen LogP contribution in [0, 0.1) is 0 Å². The molecule has 1 heterocycles. The topological polar surface area (TPSA) is 24.5 Å². The van der Waals surface area contributed by atoms with Crippen LogP contribution in [-0.2, 0) is 4.74 Å². The van der Waals surface area contributed by atoms with Crippen molar-refractivity contribution in [1.82, 2.24) is 10.2 Å². The largest absolute Gasteiger partial charge is 0.377 e. The Labute approximate surface area is 116 Å². The van der Waals surface area contributed by atoms with E-state index in [9.17, 15) is 0 Å². The summed E-state index contributed by atoms with van der Waals surface area (Å²) in [7, 11) is 2.21. The molecule has 0 aromatic heterocycles. The van der Waals surface area contributed by atoms with Crippen molar-refractivity contribution in [2.45, 2.75) is 38.5 Å². The van der Waals surface area contributed by atoms with Crippen molar-refractivity contribution in [2.75, 3.05) is 26.7 Å². The molecule has 3 unspecified atom stereocenters. The second-order valence-corrected chi connectivity index (χ2v) is 5.39. The number of rotatable bonds is 6. The third-order valence-corrected chi connectivity index (χ3v) is 4.03. The summed E-state index contributed by atoms with van der Waals surface area (Å²) in [6.07, 6.45) is 1.49. The predicted molar refractivity (Wildman–Crippen MR) is 79.3 cm³/mol. The zero-order chi connectivity index (χ0) is 13.7. The Kier molecular flexibility index (Phi) is 5.37. The normalized spacial score (nSPS) is 24.8. The lowest BCUT2D eigenvalue weighted by Gasteiger charge is -2.31. The van der Waals surface area contributed by atoms with E-state index in [1.807, 2.05) is 0 Å². The van der Waals surface area contributed by atoms with Gasteiger partial charge in [-0.05, 0) is 32.5 Å². The number of ether oxygens (including phenoxy) is 1. The molecule has 1 fully saturated rings. The van der Waals surface area contributed by atoms with Gasteiger partial charge < -0.3 is 10.1 Å². The maximum atomic E-state index is 5.67. The zero-order valence-corrected chi connectivity index (χ0v) is 12.3. The van der Waals surface area contributed by atoms with E-state index in [2.05, 4.69) is 61.4 Å². The van der Waals surface area contributed by atoms with Crippen LogP contribution in [0.2, 0.25) is 0 Å². The summed E-state index contributed by atoms with van der Waals surface area (Å²) in [5.41, 5.74) is 1.36. The standard InChI is InChI=1S/C16H26N2O/c1-4-17-15(14-8-6-5-7-9-14)12-18(3)16-10-11-19-13(16)2/h5-9,13,15-17H,4,10-12H2,1-3H3. The molecular formula is C16H26N2O. The summed E-state index contributed by atoms with van der Waals surface area (Å²) in [6, 6.07) is 11.6. The van der Waals surface area contributed by atoms with Crippen LogP contribution < -0.4 is 5.32 Å². The summed E-state index contributed by atoms with van der Waals surface area (Å²) in [6.45, 7) is 7.25. The molecule has 3 atom stereocenters. The van der Waals surface area contributed by atoms with Gasteiger partial charge in [0.2, 0.25) is 0 Å². The number of hydrogen-bond acceptors (Lipinski definition) is 3. The Bertz CT molecular complexity index is 368. The van der Waals surface area contributed by atoms with E-state index in [0.29, 0.717) is 18.2 Å². The van der Waals surface area contributed by atoms with Crippen molar-refractivity contribution in [2.24, 2.45) is 0 Å². The van der Waals surface area contributed by atoms with Gasteiger partial charge in [-0.25, -0.2) is 0 Å². The number of benzene rings is 1. The van der Waals surface area contributed by atoms with E-state index >= 15 is 0 Å². The van der Waals surface area contributed by atoms with Gasteiger partial charge in [-0.1, -0.05) is 37.3 Å². The number of hydrogen-bond donors (Lipinski definition) is 1. The summed E-state index contributed by atoms with van der Waals surface area (Å²) in [5, 5.41) is 3.59. The van der Waals surface area contributed by atoms with Gasteiger partial charge in [-0.3, -0.25) is 4.90 Å².